The molecule has 0 heterocycles. The lowest BCUT2D eigenvalue weighted by molar-refractivity contribution is -0.118. The van der Waals surface area contributed by atoms with E-state index in [1.54, 1.807) is 30.3 Å². The monoisotopic (exact) mass is 374 g/mol. The van der Waals surface area contributed by atoms with Gasteiger partial charge in [0, 0.05) is 10.6 Å². The Balaban J connectivity index is 2.16. The molecule has 2 N–H and O–H groups in total. The van der Waals surface area contributed by atoms with Crippen LogP contribution in [0.15, 0.2) is 42.5 Å². The van der Waals surface area contributed by atoms with Gasteiger partial charge < -0.3 is 15.4 Å². The lowest BCUT2D eigenvalue weighted by Gasteiger charge is -2.22. The van der Waals surface area contributed by atoms with Gasteiger partial charge in [-0.05, 0) is 43.2 Å². The van der Waals surface area contributed by atoms with Crippen LogP contribution in [0.2, 0.25) is 5.02 Å². The third kappa shape index (κ3) is 4.99. The Hall–Kier alpha value is -2.53. The van der Waals surface area contributed by atoms with Gasteiger partial charge in [-0.1, -0.05) is 43.1 Å². The van der Waals surface area contributed by atoms with Crippen molar-refractivity contribution in [3.05, 3.63) is 58.6 Å². The fourth-order valence-corrected chi connectivity index (χ4v) is 2.62. The summed E-state index contributed by atoms with van der Waals surface area (Å²) < 4.78 is 5.24. The van der Waals surface area contributed by atoms with E-state index in [0.29, 0.717) is 22.0 Å². The third-order valence-corrected chi connectivity index (χ3v) is 4.20. The minimum Gasteiger partial charge on any atom is -0.495 e. The van der Waals surface area contributed by atoms with Crippen molar-refractivity contribution in [1.82, 2.24) is 5.32 Å². The number of hydrogen-bond donors (Lipinski definition) is 2. The number of ether oxygens (including phenoxy) is 1. The number of benzene rings is 2. The lowest BCUT2D eigenvalue weighted by atomic mass is 10.0. The van der Waals surface area contributed by atoms with Gasteiger partial charge in [0.15, 0.2) is 0 Å². The van der Waals surface area contributed by atoms with Gasteiger partial charge in [0.2, 0.25) is 5.91 Å². The highest BCUT2D eigenvalue weighted by molar-refractivity contribution is 6.31. The standard InChI is InChI=1S/C20H23ClN2O3/c1-12(2)18(23-19(24)14-7-5-13(3)6-8-14)20(25)22-16-11-15(21)9-10-17(16)26-4/h5-12,18H,1-4H3,(H,22,25)(H,23,24)/t18-/m0/s1. The number of anilines is 1. The average Bonchev–Trinajstić information content (AvgIpc) is 2.59. The summed E-state index contributed by atoms with van der Waals surface area (Å²) in [6.07, 6.45) is 0. The highest BCUT2D eigenvalue weighted by Gasteiger charge is 2.25. The van der Waals surface area contributed by atoms with Crippen molar-refractivity contribution < 1.29 is 14.3 Å². The summed E-state index contributed by atoms with van der Waals surface area (Å²) in [7, 11) is 1.51. The zero-order chi connectivity index (χ0) is 19.3. The molecule has 26 heavy (non-hydrogen) atoms. The first kappa shape index (κ1) is 19.8. The van der Waals surface area contributed by atoms with Crippen LogP contribution in [0, 0.1) is 12.8 Å². The first-order valence-corrected chi connectivity index (χ1v) is 8.71. The van der Waals surface area contributed by atoms with Gasteiger partial charge in [-0.2, -0.15) is 0 Å². The van der Waals surface area contributed by atoms with Crippen molar-refractivity contribution in [3.63, 3.8) is 0 Å². The molecule has 6 heteroatoms. The number of aryl methyl sites for hydroxylation is 1. The van der Waals surface area contributed by atoms with Crippen molar-refractivity contribution in [2.45, 2.75) is 26.8 Å². The molecule has 0 saturated carbocycles. The van der Waals surface area contributed by atoms with E-state index >= 15 is 0 Å². The fraction of sp³-hybridized carbons (Fsp3) is 0.300. The van der Waals surface area contributed by atoms with Gasteiger partial charge in [0.05, 0.1) is 12.8 Å². The topological polar surface area (TPSA) is 67.4 Å². The second kappa shape index (κ2) is 8.72. The predicted octanol–water partition coefficient (Wildman–Crippen LogP) is 4.05. The third-order valence-electron chi connectivity index (χ3n) is 3.97. The molecule has 0 fully saturated rings. The summed E-state index contributed by atoms with van der Waals surface area (Å²) in [6, 6.07) is 11.4. The van der Waals surface area contributed by atoms with Crippen molar-refractivity contribution in [2.24, 2.45) is 5.92 Å². The van der Waals surface area contributed by atoms with Crippen molar-refractivity contribution in [2.75, 3.05) is 12.4 Å². The van der Waals surface area contributed by atoms with E-state index in [1.807, 2.05) is 32.9 Å². The maximum absolute atomic E-state index is 12.7. The van der Waals surface area contributed by atoms with Gasteiger partial charge in [0.25, 0.3) is 5.91 Å². The Morgan fingerprint density at radius 2 is 1.73 bits per heavy atom. The predicted molar refractivity (Wildman–Crippen MR) is 104 cm³/mol. The van der Waals surface area contributed by atoms with Gasteiger partial charge >= 0.3 is 0 Å². The summed E-state index contributed by atoms with van der Waals surface area (Å²) in [5.74, 6) is -0.234. The zero-order valence-electron chi connectivity index (χ0n) is 15.3. The van der Waals surface area contributed by atoms with Crippen molar-refractivity contribution >= 4 is 29.1 Å². The molecule has 0 bridgehead atoms. The fourth-order valence-electron chi connectivity index (χ4n) is 2.45. The summed E-state index contributed by atoms with van der Waals surface area (Å²) in [4.78, 5) is 25.2. The largest absolute Gasteiger partial charge is 0.495 e. The number of hydrogen-bond acceptors (Lipinski definition) is 3. The molecule has 138 valence electrons. The van der Waals surface area contributed by atoms with E-state index in [0.717, 1.165) is 5.56 Å². The summed E-state index contributed by atoms with van der Waals surface area (Å²) in [5.41, 5.74) is 2.03. The molecule has 5 nitrogen and oxygen atoms in total. The molecule has 0 aliphatic carbocycles. The minimum absolute atomic E-state index is 0.102. The Bertz CT molecular complexity index is 788. The van der Waals surface area contributed by atoms with Crippen molar-refractivity contribution in [1.29, 1.82) is 0 Å². The van der Waals surface area contributed by atoms with Gasteiger partial charge in [0.1, 0.15) is 11.8 Å². The molecule has 0 aliphatic rings. The van der Waals surface area contributed by atoms with Crippen LogP contribution in [0.5, 0.6) is 5.75 Å². The molecular formula is C20H23ClN2O3. The average molecular weight is 375 g/mol. The van der Waals surface area contributed by atoms with Gasteiger partial charge in [-0.3, -0.25) is 9.59 Å². The molecule has 2 rings (SSSR count). The first-order valence-electron chi connectivity index (χ1n) is 8.33. The zero-order valence-corrected chi connectivity index (χ0v) is 16.1. The summed E-state index contributed by atoms with van der Waals surface area (Å²) in [6.45, 7) is 5.69. The van der Waals surface area contributed by atoms with Crippen LogP contribution in [0.25, 0.3) is 0 Å². The second-order valence-corrected chi connectivity index (χ2v) is 6.83. The molecule has 0 aliphatic heterocycles. The molecule has 0 spiro atoms. The smallest absolute Gasteiger partial charge is 0.251 e. The molecule has 2 amide bonds. The maximum atomic E-state index is 12.7. The van der Waals surface area contributed by atoms with Crippen LogP contribution in [0.4, 0.5) is 5.69 Å². The Kier molecular flexibility index (Phi) is 6.64. The number of halogens is 1. The van der Waals surface area contributed by atoms with E-state index in [2.05, 4.69) is 10.6 Å². The van der Waals surface area contributed by atoms with E-state index in [9.17, 15) is 9.59 Å². The molecule has 2 aromatic carbocycles. The molecule has 1 atom stereocenters. The minimum atomic E-state index is -0.701. The maximum Gasteiger partial charge on any atom is 0.251 e. The van der Waals surface area contributed by atoms with Crippen LogP contribution in [0.1, 0.15) is 29.8 Å². The normalized spacial score (nSPS) is 11.8. The van der Waals surface area contributed by atoms with Gasteiger partial charge in [-0.15, -0.1) is 0 Å². The molecule has 0 saturated heterocycles. The van der Waals surface area contributed by atoms with E-state index in [-0.39, 0.29) is 17.7 Å². The Morgan fingerprint density at radius 3 is 2.31 bits per heavy atom. The number of methoxy groups -OCH3 is 1. The number of nitrogens with one attached hydrogen (secondary N) is 2. The number of rotatable bonds is 6. The number of amides is 2. The van der Waals surface area contributed by atoms with Crippen LogP contribution in [-0.4, -0.2) is 25.0 Å². The van der Waals surface area contributed by atoms with E-state index < -0.39 is 6.04 Å². The lowest BCUT2D eigenvalue weighted by Crippen LogP contribution is -2.47. The van der Waals surface area contributed by atoms with Crippen molar-refractivity contribution in [3.8, 4) is 5.75 Å². The molecule has 0 unspecified atom stereocenters. The first-order chi connectivity index (χ1) is 12.3. The second-order valence-electron chi connectivity index (χ2n) is 6.40. The van der Waals surface area contributed by atoms with Crippen LogP contribution in [0.3, 0.4) is 0 Å². The van der Waals surface area contributed by atoms with Crippen LogP contribution in [-0.2, 0) is 4.79 Å². The molecular weight excluding hydrogens is 352 g/mol. The number of carbonyl (C=O) groups is 2. The molecule has 0 radical (unpaired) electrons. The molecule has 0 aromatic heterocycles. The van der Waals surface area contributed by atoms with Gasteiger partial charge in [-0.25, -0.2) is 0 Å². The SMILES string of the molecule is COc1ccc(Cl)cc1NC(=O)[C@@H](NC(=O)c1ccc(C)cc1)C(C)C. The summed E-state index contributed by atoms with van der Waals surface area (Å²) >= 11 is 6.00. The Morgan fingerprint density at radius 1 is 1.08 bits per heavy atom. The van der Waals surface area contributed by atoms with Crippen LogP contribution >= 0.6 is 11.6 Å². The quantitative estimate of drug-likeness (QED) is 0.801. The van der Waals surface area contributed by atoms with E-state index in [1.165, 1.54) is 7.11 Å². The number of carbonyl (C=O) groups excluding carboxylic acids is 2. The highest BCUT2D eigenvalue weighted by atomic mass is 35.5. The van der Waals surface area contributed by atoms with Crippen LogP contribution < -0.4 is 15.4 Å². The Labute approximate surface area is 158 Å². The molecule has 2 aromatic rings. The highest BCUT2D eigenvalue weighted by Crippen LogP contribution is 2.28. The summed E-state index contributed by atoms with van der Waals surface area (Å²) in [5, 5.41) is 6.06. The van der Waals surface area contributed by atoms with E-state index in [4.69, 9.17) is 16.3 Å².